The van der Waals surface area contributed by atoms with Gasteiger partial charge in [-0.1, -0.05) is 12.8 Å². The molecule has 2 aliphatic rings. The van der Waals surface area contributed by atoms with Gasteiger partial charge in [0.05, 0.1) is 0 Å². The molecule has 1 aliphatic heterocycles. The highest BCUT2D eigenvalue weighted by atomic mass is 16.1. The lowest BCUT2D eigenvalue weighted by Crippen LogP contribution is -2.33. The van der Waals surface area contributed by atoms with Crippen molar-refractivity contribution < 1.29 is 4.79 Å². The van der Waals surface area contributed by atoms with Crippen LogP contribution in [-0.4, -0.2) is 42.1 Å². The molecular weight excluding hydrogens is 302 g/mol. The summed E-state index contributed by atoms with van der Waals surface area (Å²) in [4.78, 5) is 23.4. The number of aromatic nitrogens is 2. The molecule has 1 saturated carbocycles. The van der Waals surface area contributed by atoms with E-state index < -0.39 is 0 Å². The molecular formula is C18H29N5O. The molecule has 6 nitrogen and oxygen atoms in total. The highest BCUT2D eigenvalue weighted by Gasteiger charge is 2.21. The van der Waals surface area contributed by atoms with E-state index in [0.29, 0.717) is 13.1 Å². The van der Waals surface area contributed by atoms with Gasteiger partial charge in [-0.05, 0) is 39.0 Å². The Morgan fingerprint density at radius 1 is 1.12 bits per heavy atom. The van der Waals surface area contributed by atoms with E-state index in [4.69, 9.17) is 0 Å². The Balaban J connectivity index is 1.47. The standard InChI is InChI=1S/C18H29N5O/c1-14-21-16(13-17(22-14)23-11-5-2-6-12-23)19-9-10-20-18(24)15-7-3-4-8-15/h13,15H,2-12H2,1H3,(H,20,24)(H,19,21,22). The summed E-state index contributed by atoms with van der Waals surface area (Å²) in [5.74, 6) is 3.09. The molecule has 132 valence electrons. The van der Waals surface area contributed by atoms with Gasteiger partial charge in [0.2, 0.25) is 5.91 Å². The molecule has 6 heteroatoms. The van der Waals surface area contributed by atoms with Crippen LogP contribution in [-0.2, 0) is 4.79 Å². The van der Waals surface area contributed by atoms with E-state index in [1.807, 2.05) is 13.0 Å². The maximum Gasteiger partial charge on any atom is 0.223 e. The van der Waals surface area contributed by atoms with Crippen molar-refractivity contribution in [1.82, 2.24) is 15.3 Å². The Labute approximate surface area is 144 Å². The highest BCUT2D eigenvalue weighted by Crippen LogP contribution is 2.24. The van der Waals surface area contributed by atoms with E-state index >= 15 is 0 Å². The summed E-state index contributed by atoms with van der Waals surface area (Å²) >= 11 is 0. The Kier molecular flexibility index (Phi) is 5.88. The Bertz CT molecular complexity index is 550. The molecule has 2 fully saturated rings. The monoisotopic (exact) mass is 331 g/mol. The molecule has 1 saturated heterocycles. The maximum absolute atomic E-state index is 12.0. The van der Waals surface area contributed by atoms with Gasteiger partial charge >= 0.3 is 0 Å². The summed E-state index contributed by atoms with van der Waals surface area (Å²) in [5.41, 5.74) is 0. The van der Waals surface area contributed by atoms with Gasteiger partial charge in [0, 0.05) is 38.2 Å². The van der Waals surface area contributed by atoms with E-state index in [0.717, 1.165) is 43.4 Å². The molecule has 0 spiro atoms. The van der Waals surface area contributed by atoms with Crippen molar-refractivity contribution >= 4 is 17.5 Å². The van der Waals surface area contributed by atoms with Crippen LogP contribution in [0.1, 0.15) is 50.8 Å². The third-order valence-corrected chi connectivity index (χ3v) is 4.96. The summed E-state index contributed by atoms with van der Waals surface area (Å²) in [6, 6.07) is 2.02. The van der Waals surface area contributed by atoms with Gasteiger partial charge in [-0.25, -0.2) is 9.97 Å². The van der Waals surface area contributed by atoms with Gasteiger partial charge in [0.1, 0.15) is 17.5 Å². The fourth-order valence-corrected chi connectivity index (χ4v) is 3.64. The van der Waals surface area contributed by atoms with Crippen molar-refractivity contribution in [3.8, 4) is 0 Å². The van der Waals surface area contributed by atoms with E-state index in [-0.39, 0.29) is 11.8 Å². The summed E-state index contributed by atoms with van der Waals surface area (Å²) < 4.78 is 0. The molecule has 0 aromatic carbocycles. The van der Waals surface area contributed by atoms with Crippen molar-refractivity contribution in [1.29, 1.82) is 0 Å². The molecule has 2 N–H and O–H groups in total. The second-order valence-corrected chi connectivity index (χ2v) is 6.91. The largest absolute Gasteiger partial charge is 0.368 e. The molecule has 0 bridgehead atoms. The predicted octanol–water partition coefficient (Wildman–Crippen LogP) is 2.49. The van der Waals surface area contributed by atoms with Gasteiger partial charge in [0.15, 0.2) is 0 Å². The topological polar surface area (TPSA) is 70.2 Å². The minimum absolute atomic E-state index is 0.210. The molecule has 1 amide bonds. The minimum atomic E-state index is 0.210. The van der Waals surface area contributed by atoms with Crippen molar-refractivity contribution in [2.24, 2.45) is 5.92 Å². The molecule has 0 radical (unpaired) electrons. The zero-order chi connectivity index (χ0) is 16.8. The third-order valence-electron chi connectivity index (χ3n) is 4.96. The molecule has 3 rings (SSSR count). The number of hydrogen-bond acceptors (Lipinski definition) is 5. The van der Waals surface area contributed by atoms with Crippen LogP contribution in [0.2, 0.25) is 0 Å². The van der Waals surface area contributed by atoms with Crippen LogP contribution in [0.3, 0.4) is 0 Å². The first-order chi connectivity index (χ1) is 11.7. The lowest BCUT2D eigenvalue weighted by atomic mass is 10.1. The fraction of sp³-hybridized carbons (Fsp3) is 0.722. The normalized spacial score (nSPS) is 18.6. The van der Waals surface area contributed by atoms with Gasteiger partial charge in [-0.3, -0.25) is 4.79 Å². The number of hydrogen-bond donors (Lipinski definition) is 2. The van der Waals surface area contributed by atoms with Crippen molar-refractivity contribution in [3.05, 3.63) is 11.9 Å². The van der Waals surface area contributed by atoms with Gasteiger partial charge in [-0.15, -0.1) is 0 Å². The number of nitrogens with zero attached hydrogens (tertiary/aromatic N) is 3. The number of carbonyl (C=O) groups excluding carboxylic acids is 1. The molecule has 1 aromatic rings. The first kappa shape index (κ1) is 17.0. The van der Waals surface area contributed by atoms with E-state index in [9.17, 15) is 4.79 Å². The van der Waals surface area contributed by atoms with Crippen molar-refractivity contribution in [2.75, 3.05) is 36.4 Å². The highest BCUT2D eigenvalue weighted by molar-refractivity contribution is 5.78. The fourth-order valence-electron chi connectivity index (χ4n) is 3.64. The van der Waals surface area contributed by atoms with Crippen molar-refractivity contribution in [2.45, 2.75) is 51.9 Å². The number of nitrogens with one attached hydrogen (secondary N) is 2. The Morgan fingerprint density at radius 3 is 2.62 bits per heavy atom. The average molecular weight is 331 g/mol. The van der Waals surface area contributed by atoms with Crippen LogP contribution in [0.5, 0.6) is 0 Å². The van der Waals surface area contributed by atoms with Gasteiger partial charge in [0.25, 0.3) is 0 Å². The number of rotatable bonds is 6. The lowest BCUT2D eigenvalue weighted by molar-refractivity contribution is -0.124. The van der Waals surface area contributed by atoms with Crippen LogP contribution in [0.4, 0.5) is 11.6 Å². The molecule has 24 heavy (non-hydrogen) atoms. The number of amides is 1. The second kappa shape index (κ2) is 8.31. The lowest BCUT2D eigenvalue weighted by Gasteiger charge is -2.28. The molecule has 0 unspecified atom stereocenters. The molecule has 2 heterocycles. The summed E-state index contributed by atoms with van der Waals surface area (Å²) in [7, 11) is 0. The Hall–Kier alpha value is -1.85. The summed E-state index contributed by atoms with van der Waals surface area (Å²) in [6.07, 6.45) is 8.25. The zero-order valence-electron chi connectivity index (χ0n) is 14.7. The van der Waals surface area contributed by atoms with E-state index in [2.05, 4.69) is 25.5 Å². The average Bonchev–Trinajstić information content (AvgIpc) is 3.14. The summed E-state index contributed by atoms with van der Waals surface area (Å²) in [5, 5.41) is 6.35. The quantitative estimate of drug-likeness (QED) is 0.784. The predicted molar refractivity (Wildman–Crippen MR) is 96.3 cm³/mol. The summed E-state index contributed by atoms with van der Waals surface area (Å²) in [6.45, 7) is 5.41. The van der Waals surface area contributed by atoms with Gasteiger partial charge in [-0.2, -0.15) is 0 Å². The SMILES string of the molecule is Cc1nc(NCCNC(=O)C2CCCC2)cc(N2CCCCC2)n1. The number of anilines is 2. The first-order valence-electron chi connectivity index (χ1n) is 9.34. The molecule has 1 aromatic heterocycles. The molecule has 0 atom stereocenters. The van der Waals surface area contributed by atoms with Crippen LogP contribution in [0, 0.1) is 12.8 Å². The zero-order valence-corrected chi connectivity index (χ0v) is 14.7. The van der Waals surface area contributed by atoms with Crippen LogP contribution in [0.15, 0.2) is 6.07 Å². The Morgan fingerprint density at radius 2 is 1.88 bits per heavy atom. The van der Waals surface area contributed by atoms with E-state index in [1.165, 1.54) is 32.1 Å². The van der Waals surface area contributed by atoms with Crippen LogP contribution in [0.25, 0.3) is 0 Å². The smallest absolute Gasteiger partial charge is 0.223 e. The third kappa shape index (κ3) is 4.58. The first-order valence-corrected chi connectivity index (χ1v) is 9.34. The van der Waals surface area contributed by atoms with Crippen molar-refractivity contribution in [3.63, 3.8) is 0 Å². The van der Waals surface area contributed by atoms with Crippen LogP contribution < -0.4 is 15.5 Å². The van der Waals surface area contributed by atoms with Crippen LogP contribution >= 0.6 is 0 Å². The molecule has 1 aliphatic carbocycles. The second-order valence-electron chi connectivity index (χ2n) is 6.91. The van der Waals surface area contributed by atoms with E-state index in [1.54, 1.807) is 0 Å². The maximum atomic E-state index is 12.0. The number of carbonyl (C=O) groups is 1. The number of piperidine rings is 1. The van der Waals surface area contributed by atoms with Gasteiger partial charge < -0.3 is 15.5 Å². The minimum Gasteiger partial charge on any atom is -0.368 e. The number of aryl methyl sites for hydroxylation is 1.